The highest BCUT2D eigenvalue weighted by atomic mass is 19.1. The summed E-state index contributed by atoms with van der Waals surface area (Å²) < 4.78 is 24.0. The van der Waals surface area contributed by atoms with Crippen LogP contribution in [0.5, 0.6) is 5.75 Å². The van der Waals surface area contributed by atoms with Gasteiger partial charge in [0.1, 0.15) is 17.7 Å². The van der Waals surface area contributed by atoms with Crippen LogP contribution in [-0.4, -0.2) is 55.6 Å². The average molecular weight is 295 g/mol. The number of aliphatic hydroxyl groups is 1. The largest absolute Gasteiger partial charge is 0.490 e. The normalized spacial score (nSPS) is 22.8. The second-order valence-corrected chi connectivity index (χ2v) is 6.20. The van der Waals surface area contributed by atoms with E-state index in [4.69, 9.17) is 9.47 Å². The van der Waals surface area contributed by atoms with Crippen LogP contribution >= 0.6 is 0 Å². The molecule has 0 amide bonds. The van der Waals surface area contributed by atoms with Gasteiger partial charge in [-0.25, -0.2) is 4.39 Å². The molecule has 1 aromatic rings. The van der Waals surface area contributed by atoms with E-state index in [1.54, 1.807) is 12.1 Å². The van der Waals surface area contributed by atoms with E-state index in [2.05, 4.69) is 4.90 Å². The first kappa shape index (κ1) is 14.8. The molecule has 2 aliphatic rings. The molecule has 2 saturated heterocycles. The van der Waals surface area contributed by atoms with Crippen molar-refractivity contribution in [2.75, 3.05) is 39.5 Å². The van der Waals surface area contributed by atoms with Crippen LogP contribution in [0.1, 0.15) is 12.8 Å². The predicted octanol–water partition coefficient (Wildman–Crippen LogP) is 1.68. The van der Waals surface area contributed by atoms with Gasteiger partial charge in [0.2, 0.25) is 0 Å². The molecule has 1 aromatic carbocycles. The van der Waals surface area contributed by atoms with Gasteiger partial charge in [-0.15, -0.1) is 0 Å². The van der Waals surface area contributed by atoms with Crippen molar-refractivity contribution in [3.8, 4) is 5.75 Å². The Labute approximate surface area is 124 Å². The highest BCUT2D eigenvalue weighted by Gasteiger charge is 2.40. The fourth-order valence-electron chi connectivity index (χ4n) is 2.99. The zero-order valence-corrected chi connectivity index (χ0v) is 12.1. The molecule has 4 nitrogen and oxygen atoms in total. The SMILES string of the molecule is OCC1(CN2CCC(Oc3ccc(F)cc3)CC2)COC1. The smallest absolute Gasteiger partial charge is 0.123 e. The van der Waals surface area contributed by atoms with Gasteiger partial charge in [-0.05, 0) is 37.1 Å². The van der Waals surface area contributed by atoms with Gasteiger partial charge in [-0.2, -0.15) is 0 Å². The van der Waals surface area contributed by atoms with Gasteiger partial charge in [0, 0.05) is 19.6 Å². The number of nitrogens with zero attached hydrogens (tertiary/aromatic N) is 1. The molecule has 0 atom stereocenters. The van der Waals surface area contributed by atoms with Crippen molar-refractivity contribution in [1.29, 1.82) is 0 Å². The molecule has 2 fully saturated rings. The molecule has 116 valence electrons. The van der Waals surface area contributed by atoms with Crippen molar-refractivity contribution in [1.82, 2.24) is 4.90 Å². The predicted molar refractivity (Wildman–Crippen MR) is 76.8 cm³/mol. The molecule has 3 rings (SSSR count). The monoisotopic (exact) mass is 295 g/mol. The van der Waals surface area contributed by atoms with Crippen LogP contribution in [0.25, 0.3) is 0 Å². The summed E-state index contributed by atoms with van der Waals surface area (Å²) in [6.07, 6.45) is 2.11. The molecule has 1 N–H and O–H groups in total. The lowest BCUT2D eigenvalue weighted by molar-refractivity contribution is -0.150. The highest BCUT2D eigenvalue weighted by molar-refractivity contribution is 5.22. The summed E-state index contributed by atoms with van der Waals surface area (Å²) in [6.45, 7) is 4.35. The van der Waals surface area contributed by atoms with E-state index in [0.29, 0.717) is 13.2 Å². The first-order valence-corrected chi connectivity index (χ1v) is 7.52. The van der Waals surface area contributed by atoms with Gasteiger partial charge in [0.05, 0.1) is 25.2 Å². The van der Waals surface area contributed by atoms with Gasteiger partial charge in [-0.1, -0.05) is 0 Å². The lowest BCUT2D eigenvalue weighted by Crippen LogP contribution is -2.55. The van der Waals surface area contributed by atoms with E-state index in [9.17, 15) is 9.50 Å². The summed E-state index contributed by atoms with van der Waals surface area (Å²) in [5.41, 5.74) is -0.0509. The molecule has 21 heavy (non-hydrogen) atoms. The summed E-state index contributed by atoms with van der Waals surface area (Å²) in [7, 11) is 0. The van der Waals surface area contributed by atoms with Crippen molar-refractivity contribution in [2.45, 2.75) is 18.9 Å². The molecule has 0 radical (unpaired) electrons. The molecule has 5 heteroatoms. The Bertz CT molecular complexity index is 448. The van der Waals surface area contributed by atoms with Crippen LogP contribution < -0.4 is 4.74 Å². The van der Waals surface area contributed by atoms with E-state index in [1.807, 2.05) is 0 Å². The second kappa shape index (κ2) is 6.30. The van der Waals surface area contributed by atoms with Crippen molar-refractivity contribution < 1.29 is 19.0 Å². The highest BCUT2D eigenvalue weighted by Crippen LogP contribution is 2.29. The van der Waals surface area contributed by atoms with Crippen LogP contribution in [0.15, 0.2) is 24.3 Å². The fourth-order valence-corrected chi connectivity index (χ4v) is 2.99. The number of hydrogen-bond donors (Lipinski definition) is 1. The van der Waals surface area contributed by atoms with Crippen LogP contribution in [-0.2, 0) is 4.74 Å². The van der Waals surface area contributed by atoms with E-state index in [0.717, 1.165) is 38.2 Å². The van der Waals surface area contributed by atoms with Gasteiger partial charge in [0.25, 0.3) is 0 Å². The number of likely N-dealkylation sites (tertiary alicyclic amines) is 1. The quantitative estimate of drug-likeness (QED) is 0.897. The third-order valence-corrected chi connectivity index (χ3v) is 4.36. The molecule has 0 spiro atoms. The topological polar surface area (TPSA) is 41.9 Å². The third-order valence-electron chi connectivity index (χ3n) is 4.36. The van der Waals surface area contributed by atoms with E-state index in [-0.39, 0.29) is 23.9 Å². The number of halogens is 1. The number of aliphatic hydroxyl groups excluding tert-OH is 1. The Morgan fingerprint density at radius 3 is 2.43 bits per heavy atom. The van der Waals surface area contributed by atoms with Crippen LogP contribution in [0.2, 0.25) is 0 Å². The van der Waals surface area contributed by atoms with Crippen molar-refractivity contribution in [3.05, 3.63) is 30.1 Å². The molecule has 0 bridgehead atoms. The maximum absolute atomic E-state index is 12.9. The Kier molecular flexibility index (Phi) is 4.42. The van der Waals surface area contributed by atoms with Crippen molar-refractivity contribution >= 4 is 0 Å². The lowest BCUT2D eigenvalue weighted by Gasteiger charge is -2.44. The lowest BCUT2D eigenvalue weighted by atomic mass is 9.86. The van der Waals surface area contributed by atoms with Crippen molar-refractivity contribution in [3.63, 3.8) is 0 Å². The molecule has 2 aliphatic heterocycles. The average Bonchev–Trinajstić information content (AvgIpc) is 2.47. The number of rotatable bonds is 5. The minimum Gasteiger partial charge on any atom is -0.490 e. The van der Waals surface area contributed by atoms with Crippen LogP contribution in [0, 0.1) is 11.2 Å². The number of hydrogen-bond acceptors (Lipinski definition) is 4. The molecule has 0 saturated carbocycles. The zero-order valence-electron chi connectivity index (χ0n) is 12.1. The summed E-state index contributed by atoms with van der Waals surface area (Å²) in [4.78, 5) is 2.38. The minimum absolute atomic E-state index is 0.0509. The second-order valence-electron chi connectivity index (χ2n) is 6.20. The summed E-state index contributed by atoms with van der Waals surface area (Å²) in [5.74, 6) is 0.489. The van der Waals surface area contributed by atoms with Crippen LogP contribution in [0.3, 0.4) is 0 Å². The number of benzene rings is 1. The van der Waals surface area contributed by atoms with Gasteiger partial charge in [-0.3, -0.25) is 0 Å². The van der Waals surface area contributed by atoms with Crippen LogP contribution in [0.4, 0.5) is 4.39 Å². The summed E-state index contributed by atoms with van der Waals surface area (Å²) in [5, 5.41) is 9.47. The van der Waals surface area contributed by atoms with Gasteiger partial charge >= 0.3 is 0 Å². The minimum atomic E-state index is -0.241. The Balaban J connectivity index is 1.45. The Morgan fingerprint density at radius 1 is 1.24 bits per heavy atom. The zero-order chi connectivity index (χ0) is 14.7. The fraction of sp³-hybridized carbons (Fsp3) is 0.625. The van der Waals surface area contributed by atoms with E-state index >= 15 is 0 Å². The molecule has 2 heterocycles. The van der Waals surface area contributed by atoms with Gasteiger partial charge in [0.15, 0.2) is 0 Å². The standard InChI is InChI=1S/C16H22FNO3/c17-13-1-3-14(4-2-13)21-15-5-7-18(8-6-15)9-16(10-19)11-20-12-16/h1-4,15,19H,5-12H2. The summed E-state index contributed by atoms with van der Waals surface area (Å²) in [6, 6.07) is 6.19. The maximum Gasteiger partial charge on any atom is 0.123 e. The van der Waals surface area contributed by atoms with E-state index < -0.39 is 0 Å². The molecule has 0 aliphatic carbocycles. The maximum atomic E-state index is 12.9. The third kappa shape index (κ3) is 3.54. The summed E-state index contributed by atoms with van der Waals surface area (Å²) >= 11 is 0. The Morgan fingerprint density at radius 2 is 1.90 bits per heavy atom. The number of ether oxygens (including phenoxy) is 2. The molecule has 0 unspecified atom stereocenters. The molecule has 0 aromatic heterocycles. The first-order valence-electron chi connectivity index (χ1n) is 7.52. The van der Waals surface area contributed by atoms with Crippen molar-refractivity contribution in [2.24, 2.45) is 5.41 Å². The Hall–Kier alpha value is -1.17. The van der Waals surface area contributed by atoms with Gasteiger partial charge < -0.3 is 19.5 Å². The number of piperidine rings is 1. The molecular weight excluding hydrogens is 273 g/mol. The molecular formula is C16H22FNO3. The first-order chi connectivity index (χ1) is 10.2. The van der Waals surface area contributed by atoms with E-state index in [1.165, 1.54) is 12.1 Å².